The van der Waals surface area contributed by atoms with Crippen LogP contribution in [0.3, 0.4) is 0 Å². The molecule has 9 nitrogen and oxygen atoms in total. The number of aliphatic hydroxyl groups excluding tert-OH is 1. The van der Waals surface area contributed by atoms with E-state index in [9.17, 15) is 19.6 Å². The number of nitrogens with one attached hydrogen (secondary N) is 2. The SMILES string of the molecule is C[C@@H](Cc1ccc(F)cc1)NC(=O)c1cc(C#N)cnc1NCc1ccc(-c2cnc(N)c(C3=CCCC(O)=C3)n2)cc1. The van der Waals surface area contributed by atoms with Crippen molar-refractivity contribution < 1.29 is 14.3 Å². The van der Waals surface area contributed by atoms with E-state index >= 15 is 0 Å². The molecular weight excluding hydrogens is 545 g/mol. The summed E-state index contributed by atoms with van der Waals surface area (Å²) in [6.07, 6.45) is 8.49. The summed E-state index contributed by atoms with van der Waals surface area (Å²) < 4.78 is 13.2. The van der Waals surface area contributed by atoms with Gasteiger partial charge in [-0.25, -0.2) is 19.3 Å². The topological polar surface area (TPSA) is 150 Å². The van der Waals surface area contributed by atoms with Gasteiger partial charge in [-0.15, -0.1) is 0 Å². The summed E-state index contributed by atoms with van der Waals surface area (Å²) in [6.45, 7) is 2.23. The van der Waals surface area contributed by atoms with Gasteiger partial charge in [0.05, 0.1) is 28.8 Å². The summed E-state index contributed by atoms with van der Waals surface area (Å²) in [5, 5.41) is 25.5. The molecule has 4 aromatic rings. The Kier molecular flexibility index (Phi) is 8.72. The number of pyridine rings is 1. The summed E-state index contributed by atoms with van der Waals surface area (Å²) in [5.74, 6) is 0.247. The molecule has 1 aliphatic carbocycles. The number of nitriles is 1. The molecule has 0 saturated carbocycles. The van der Waals surface area contributed by atoms with Gasteiger partial charge in [0.15, 0.2) is 0 Å². The molecule has 2 aromatic heterocycles. The highest BCUT2D eigenvalue weighted by Crippen LogP contribution is 2.28. The molecule has 0 bridgehead atoms. The number of amides is 1. The normalized spacial score (nSPS) is 13.3. The number of nitrogen functional groups attached to an aromatic ring is 1. The lowest BCUT2D eigenvalue weighted by Crippen LogP contribution is -2.34. The molecule has 2 aromatic carbocycles. The zero-order chi connectivity index (χ0) is 30.3. The first-order valence-corrected chi connectivity index (χ1v) is 13.8. The lowest BCUT2D eigenvalue weighted by atomic mass is 10.0. The number of benzene rings is 2. The van der Waals surface area contributed by atoms with Gasteiger partial charge >= 0.3 is 0 Å². The highest BCUT2D eigenvalue weighted by Gasteiger charge is 2.17. The number of nitrogens with two attached hydrogens (primary N) is 1. The van der Waals surface area contributed by atoms with Crippen molar-refractivity contribution in [3.63, 3.8) is 0 Å². The quantitative estimate of drug-likeness (QED) is 0.198. The Hall–Kier alpha value is -5.56. The van der Waals surface area contributed by atoms with Gasteiger partial charge in [0.1, 0.15) is 29.2 Å². The van der Waals surface area contributed by atoms with E-state index < -0.39 is 0 Å². The van der Waals surface area contributed by atoms with Gasteiger partial charge in [0, 0.05) is 36.3 Å². The second-order valence-electron chi connectivity index (χ2n) is 10.3. The van der Waals surface area contributed by atoms with Crippen molar-refractivity contribution in [1.82, 2.24) is 20.3 Å². The van der Waals surface area contributed by atoms with E-state index in [2.05, 4.69) is 20.6 Å². The van der Waals surface area contributed by atoms with Crippen LogP contribution in [0, 0.1) is 17.1 Å². The minimum absolute atomic E-state index is 0.239. The van der Waals surface area contributed by atoms with E-state index in [4.69, 9.17) is 10.7 Å². The van der Waals surface area contributed by atoms with Crippen LogP contribution in [-0.4, -0.2) is 32.0 Å². The molecular formula is C33H30FN7O2. The molecule has 1 aliphatic rings. The Labute approximate surface area is 248 Å². The maximum absolute atomic E-state index is 13.2. The van der Waals surface area contributed by atoms with Crippen molar-refractivity contribution in [3.8, 4) is 17.3 Å². The second-order valence-corrected chi connectivity index (χ2v) is 10.3. The Morgan fingerprint density at radius 2 is 1.86 bits per heavy atom. The molecule has 1 atom stereocenters. The van der Waals surface area contributed by atoms with Gasteiger partial charge in [0.2, 0.25) is 0 Å². The fraction of sp³-hybridized carbons (Fsp3) is 0.182. The number of anilines is 2. The van der Waals surface area contributed by atoms with Crippen molar-refractivity contribution in [2.75, 3.05) is 11.1 Å². The summed E-state index contributed by atoms with van der Waals surface area (Å²) in [4.78, 5) is 26.5. The van der Waals surface area contributed by atoms with Gasteiger partial charge in [-0.2, -0.15) is 5.26 Å². The molecule has 0 fully saturated rings. The molecule has 0 spiro atoms. The molecule has 0 radical (unpaired) electrons. The molecule has 216 valence electrons. The van der Waals surface area contributed by atoms with Crippen LogP contribution in [0.5, 0.6) is 0 Å². The molecule has 43 heavy (non-hydrogen) atoms. The van der Waals surface area contributed by atoms with Gasteiger partial charge in [-0.1, -0.05) is 42.5 Å². The van der Waals surface area contributed by atoms with Crippen molar-refractivity contribution in [2.45, 2.75) is 38.8 Å². The number of carbonyl (C=O) groups excluding carboxylic acids is 1. The predicted octanol–water partition coefficient (Wildman–Crippen LogP) is 5.72. The minimum atomic E-state index is -0.369. The number of hydrogen-bond acceptors (Lipinski definition) is 8. The zero-order valence-electron chi connectivity index (χ0n) is 23.5. The van der Waals surface area contributed by atoms with E-state index in [1.54, 1.807) is 24.4 Å². The van der Waals surface area contributed by atoms with E-state index in [0.717, 1.165) is 22.3 Å². The lowest BCUT2D eigenvalue weighted by Gasteiger charge is -2.16. The van der Waals surface area contributed by atoms with Gasteiger partial charge in [-0.05, 0) is 55.2 Å². The van der Waals surface area contributed by atoms with Gasteiger partial charge in [0.25, 0.3) is 5.91 Å². The van der Waals surface area contributed by atoms with Crippen LogP contribution >= 0.6 is 0 Å². The number of aliphatic hydroxyl groups is 1. The number of rotatable bonds is 9. The number of aromatic nitrogens is 3. The standard InChI is InChI=1S/C33H30FN7O2/c1-20(13-21-7-11-26(34)12-8-21)40-33(43)28-14-23(16-35)18-39-32(28)38-17-22-5-9-24(10-6-22)29-19-37-31(36)30(41-29)25-3-2-4-27(42)15-25/h3,5-12,14-15,18-20,42H,2,4,13,17H2,1H3,(H2,36,37)(H,38,39)(H,40,43)/t20-/m0/s1. The number of carbonyl (C=O) groups is 1. The fourth-order valence-corrected chi connectivity index (χ4v) is 4.75. The summed E-state index contributed by atoms with van der Waals surface area (Å²) in [7, 11) is 0. The highest BCUT2D eigenvalue weighted by atomic mass is 19.1. The highest BCUT2D eigenvalue weighted by molar-refractivity contribution is 5.99. The summed E-state index contributed by atoms with van der Waals surface area (Å²) in [6, 6.07) is 17.1. The molecule has 0 unspecified atom stereocenters. The number of nitrogens with zero attached hydrogens (tertiary/aromatic N) is 4. The van der Waals surface area contributed by atoms with Crippen LogP contribution in [0.2, 0.25) is 0 Å². The van der Waals surface area contributed by atoms with Crippen LogP contribution in [0.25, 0.3) is 16.8 Å². The van der Waals surface area contributed by atoms with Crippen LogP contribution in [-0.2, 0) is 13.0 Å². The maximum Gasteiger partial charge on any atom is 0.255 e. The van der Waals surface area contributed by atoms with E-state index in [1.807, 2.05) is 43.3 Å². The maximum atomic E-state index is 13.2. The average molecular weight is 576 g/mol. The first-order chi connectivity index (χ1) is 20.8. The second kappa shape index (κ2) is 13.0. The third kappa shape index (κ3) is 7.21. The van der Waals surface area contributed by atoms with E-state index in [1.165, 1.54) is 24.4 Å². The third-order valence-corrected chi connectivity index (χ3v) is 6.96. The Balaban J connectivity index is 1.27. The molecule has 0 aliphatic heterocycles. The summed E-state index contributed by atoms with van der Waals surface area (Å²) >= 11 is 0. The monoisotopic (exact) mass is 575 g/mol. The van der Waals surface area contributed by atoms with Crippen molar-refractivity contribution >= 4 is 23.1 Å². The Morgan fingerprint density at radius 1 is 1.12 bits per heavy atom. The molecule has 5 rings (SSSR count). The largest absolute Gasteiger partial charge is 0.512 e. The van der Waals surface area contributed by atoms with Crippen molar-refractivity contribution in [3.05, 3.63) is 119 Å². The van der Waals surface area contributed by atoms with Crippen molar-refractivity contribution in [1.29, 1.82) is 5.26 Å². The molecule has 10 heteroatoms. The zero-order valence-corrected chi connectivity index (χ0v) is 23.5. The summed E-state index contributed by atoms with van der Waals surface area (Å²) in [5.41, 5.74) is 11.2. The Bertz CT molecular complexity index is 1740. The predicted molar refractivity (Wildman–Crippen MR) is 163 cm³/mol. The molecule has 2 heterocycles. The molecule has 5 N–H and O–H groups in total. The first-order valence-electron chi connectivity index (χ1n) is 13.8. The molecule has 1 amide bonds. The number of hydrogen-bond donors (Lipinski definition) is 4. The molecule has 0 saturated heterocycles. The van der Waals surface area contributed by atoms with E-state index in [0.29, 0.717) is 48.8 Å². The fourth-order valence-electron chi connectivity index (χ4n) is 4.75. The van der Waals surface area contributed by atoms with E-state index in [-0.39, 0.29) is 34.7 Å². The lowest BCUT2D eigenvalue weighted by molar-refractivity contribution is 0.0940. The smallest absolute Gasteiger partial charge is 0.255 e. The van der Waals surface area contributed by atoms with Crippen LogP contribution < -0.4 is 16.4 Å². The van der Waals surface area contributed by atoms with Crippen LogP contribution in [0.15, 0.2) is 84.9 Å². The minimum Gasteiger partial charge on any atom is -0.512 e. The number of allylic oxidation sites excluding steroid dienone is 4. The van der Waals surface area contributed by atoms with Gasteiger partial charge in [-0.3, -0.25) is 4.79 Å². The van der Waals surface area contributed by atoms with Crippen LogP contribution in [0.1, 0.15) is 52.5 Å². The average Bonchev–Trinajstić information content (AvgIpc) is 3.01. The Morgan fingerprint density at radius 3 is 2.58 bits per heavy atom. The van der Waals surface area contributed by atoms with Crippen LogP contribution in [0.4, 0.5) is 16.0 Å². The third-order valence-electron chi connectivity index (χ3n) is 6.96. The first kappa shape index (κ1) is 29.0. The van der Waals surface area contributed by atoms with Crippen molar-refractivity contribution in [2.24, 2.45) is 0 Å². The number of halogens is 1. The van der Waals surface area contributed by atoms with Gasteiger partial charge < -0.3 is 21.5 Å².